The lowest BCUT2D eigenvalue weighted by Gasteiger charge is -2.31. The quantitative estimate of drug-likeness (QED) is 0.0291. The molecule has 0 fully saturated rings. The highest BCUT2D eigenvalue weighted by Crippen LogP contribution is 2.13. The van der Waals surface area contributed by atoms with Crippen molar-refractivity contribution in [3.8, 4) is 0 Å². The maximum Gasteiger partial charge on any atom is 0.362 e. The SMILES string of the molecule is CC/C=C/C/C=C/C/C=C/CCCCCCCCC(=O)OC(COCCC(C(=O)O)[N+](C)(C)C)COC(=O)CCCCCCCCC/C=C/C/C=C/CC. The molecule has 0 aromatic rings. The monoisotopic (exact) mass is 759 g/mol. The standard InChI is InChI=1S/C46H79NO7/c1-6-8-10-12-14-16-18-20-22-23-25-27-29-31-33-35-37-45(49)54-42(40-52-39-38-43(46(50)51)47(3,4)5)41-53-44(48)36-34-32-30-28-26-24-21-19-17-15-13-11-9-7-2/h8-11,14-17,20,22,42-43H,6-7,12-13,18-19,21,23-41H2,1-5H3/p+1/b10-8+,11-9+,16-14+,17-15+,22-20+. The van der Waals surface area contributed by atoms with Crippen molar-refractivity contribution in [2.75, 3.05) is 41.0 Å². The first kappa shape index (κ1) is 51.0. The van der Waals surface area contributed by atoms with Crippen LogP contribution in [0.3, 0.4) is 0 Å². The summed E-state index contributed by atoms with van der Waals surface area (Å²) >= 11 is 0. The molecule has 8 heteroatoms. The van der Waals surface area contributed by atoms with E-state index in [-0.39, 0.29) is 36.2 Å². The number of hydrogen-bond donors (Lipinski definition) is 1. The number of unbranched alkanes of at least 4 members (excludes halogenated alkanes) is 13. The van der Waals surface area contributed by atoms with Crippen molar-refractivity contribution in [1.29, 1.82) is 0 Å². The molecule has 0 aliphatic heterocycles. The number of allylic oxidation sites excluding steroid dienone is 10. The Hall–Kier alpha value is -2.97. The molecule has 0 rings (SSSR count). The minimum atomic E-state index is -0.881. The van der Waals surface area contributed by atoms with Crippen LogP contribution in [-0.4, -0.2) is 80.6 Å². The van der Waals surface area contributed by atoms with Gasteiger partial charge in [0.25, 0.3) is 0 Å². The summed E-state index contributed by atoms with van der Waals surface area (Å²) < 4.78 is 17.2. The van der Waals surface area contributed by atoms with Gasteiger partial charge in [0.1, 0.15) is 6.61 Å². The van der Waals surface area contributed by atoms with Gasteiger partial charge in [0.2, 0.25) is 0 Å². The molecule has 0 saturated carbocycles. The van der Waals surface area contributed by atoms with Crippen molar-refractivity contribution in [3.63, 3.8) is 0 Å². The second-order valence-corrected chi connectivity index (χ2v) is 15.2. The number of likely N-dealkylation sites (N-methyl/N-ethyl adjacent to an activating group) is 1. The van der Waals surface area contributed by atoms with Crippen LogP contribution in [0, 0.1) is 0 Å². The van der Waals surface area contributed by atoms with E-state index in [1.54, 1.807) is 0 Å². The van der Waals surface area contributed by atoms with Crippen LogP contribution in [0.5, 0.6) is 0 Å². The lowest BCUT2D eigenvalue weighted by molar-refractivity contribution is -0.887. The molecule has 0 amide bonds. The van der Waals surface area contributed by atoms with Crippen LogP contribution < -0.4 is 0 Å². The molecule has 0 aliphatic rings. The summed E-state index contributed by atoms with van der Waals surface area (Å²) in [6.45, 7) is 4.49. The number of aliphatic carboxylic acids is 1. The van der Waals surface area contributed by atoms with Gasteiger partial charge in [0, 0.05) is 19.3 Å². The molecule has 54 heavy (non-hydrogen) atoms. The molecule has 0 bridgehead atoms. The van der Waals surface area contributed by atoms with Gasteiger partial charge in [-0.25, -0.2) is 4.79 Å². The molecule has 0 heterocycles. The summed E-state index contributed by atoms with van der Waals surface area (Å²) in [4.78, 5) is 36.9. The number of carboxylic acids is 1. The number of hydrogen-bond acceptors (Lipinski definition) is 6. The predicted octanol–water partition coefficient (Wildman–Crippen LogP) is 11.4. The average molecular weight is 759 g/mol. The highest BCUT2D eigenvalue weighted by Gasteiger charge is 2.31. The Balaban J connectivity index is 4.40. The van der Waals surface area contributed by atoms with Crippen LogP contribution in [-0.2, 0) is 28.6 Å². The second-order valence-electron chi connectivity index (χ2n) is 15.2. The first-order valence-corrected chi connectivity index (χ1v) is 21.3. The van der Waals surface area contributed by atoms with Gasteiger partial charge in [0.05, 0.1) is 34.4 Å². The van der Waals surface area contributed by atoms with Gasteiger partial charge in [-0.2, -0.15) is 0 Å². The van der Waals surface area contributed by atoms with Crippen molar-refractivity contribution < 1.29 is 38.2 Å². The summed E-state index contributed by atoms with van der Waals surface area (Å²) in [6, 6.07) is -0.620. The van der Waals surface area contributed by atoms with Crippen molar-refractivity contribution in [3.05, 3.63) is 60.8 Å². The third-order valence-corrected chi connectivity index (χ3v) is 9.16. The summed E-state index contributed by atoms with van der Waals surface area (Å²) in [5.41, 5.74) is 0. The maximum absolute atomic E-state index is 12.7. The van der Waals surface area contributed by atoms with Crippen LogP contribution in [0.2, 0.25) is 0 Å². The Morgan fingerprint density at radius 1 is 0.556 bits per heavy atom. The number of carboxylic acid groups (broad SMARTS) is 1. The van der Waals surface area contributed by atoms with Crippen LogP contribution in [0.4, 0.5) is 0 Å². The molecule has 0 spiro atoms. The smallest absolute Gasteiger partial charge is 0.362 e. The van der Waals surface area contributed by atoms with E-state index in [9.17, 15) is 19.5 Å². The molecule has 0 radical (unpaired) electrons. The van der Waals surface area contributed by atoms with E-state index in [0.29, 0.717) is 19.3 Å². The largest absolute Gasteiger partial charge is 0.477 e. The third kappa shape index (κ3) is 34.8. The molecule has 310 valence electrons. The summed E-state index contributed by atoms with van der Waals surface area (Å²) in [6.07, 6.45) is 44.0. The van der Waals surface area contributed by atoms with Crippen LogP contribution >= 0.6 is 0 Å². The summed E-state index contributed by atoms with van der Waals surface area (Å²) in [5, 5.41) is 9.61. The van der Waals surface area contributed by atoms with Crippen molar-refractivity contribution >= 4 is 17.9 Å². The lowest BCUT2D eigenvalue weighted by atomic mass is 10.1. The molecule has 0 aromatic carbocycles. The van der Waals surface area contributed by atoms with Crippen LogP contribution in [0.25, 0.3) is 0 Å². The van der Waals surface area contributed by atoms with Gasteiger partial charge in [0.15, 0.2) is 12.1 Å². The highest BCUT2D eigenvalue weighted by atomic mass is 16.6. The molecule has 0 aromatic heterocycles. The fourth-order valence-corrected chi connectivity index (χ4v) is 5.91. The van der Waals surface area contributed by atoms with E-state index in [2.05, 4.69) is 74.6 Å². The third-order valence-electron chi connectivity index (χ3n) is 9.16. The molecule has 8 nitrogen and oxygen atoms in total. The van der Waals surface area contributed by atoms with Gasteiger partial charge in [-0.05, 0) is 70.6 Å². The Morgan fingerprint density at radius 3 is 1.44 bits per heavy atom. The zero-order valence-electron chi connectivity index (χ0n) is 35.2. The van der Waals surface area contributed by atoms with E-state index >= 15 is 0 Å². The van der Waals surface area contributed by atoms with E-state index in [0.717, 1.165) is 89.9 Å². The van der Waals surface area contributed by atoms with Gasteiger partial charge >= 0.3 is 17.9 Å². The Bertz CT molecular complexity index is 1070. The Morgan fingerprint density at radius 2 is 0.981 bits per heavy atom. The van der Waals surface area contributed by atoms with Gasteiger partial charge in [-0.3, -0.25) is 9.59 Å². The van der Waals surface area contributed by atoms with Crippen LogP contribution in [0.15, 0.2) is 60.8 Å². The van der Waals surface area contributed by atoms with Gasteiger partial charge in [-0.1, -0.05) is 132 Å². The highest BCUT2D eigenvalue weighted by molar-refractivity contribution is 5.72. The zero-order chi connectivity index (χ0) is 40.0. The number of carbonyl (C=O) groups excluding carboxylic acids is 2. The first-order valence-electron chi connectivity index (χ1n) is 21.3. The van der Waals surface area contributed by atoms with E-state index in [1.807, 2.05) is 21.1 Å². The Labute approximate surface area is 330 Å². The second kappa shape index (κ2) is 37.0. The summed E-state index contributed by atoms with van der Waals surface area (Å²) in [5.74, 6) is -1.50. The zero-order valence-corrected chi connectivity index (χ0v) is 35.2. The normalized spacial score (nSPS) is 13.6. The topological polar surface area (TPSA) is 99.1 Å². The molecule has 0 saturated heterocycles. The van der Waals surface area contributed by atoms with E-state index in [4.69, 9.17) is 14.2 Å². The Kier molecular flexibility index (Phi) is 34.9. The first-order chi connectivity index (χ1) is 26.1. The van der Waals surface area contributed by atoms with E-state index in [1.165, 1.54) is 38.5 Å². The summed E-state index contributed by atoms with van der Waals surface area (Å²) in [7, 11) is 5.51. The minimum absolute atomic E-state index is 0.0508. The lowest BCUT2D eigenvalue weighted by Crippen LogP contribution is -2.50. The van der Waals surface area contributed by atoms with E-state index < -0.39 is 18.1 Å². The number of rotatable bonds is 37. The fraction of sp³-hybridized carbons (Fsp3) is 0.717. The molecular formula is C46H80NO7+. The average Bonchev–Trinajstić information content (AvgIpc) is 3.12. The number of ether oxygens (including phenoxy) is 3. The number of quaternary nitrogens is 1. The van der Waals surface area contributed by atoms with Crippen molar-refractivity contribution in [2.45, 2.75) is 174 Å². The molecule has 2 atom stereocenters. The number of nitrogens with zero attached hydrogens (tertiary/aromatic N) is 1. The molecule has 2 unspecified atom stereocenters. The van der Waals surface area contributed by atoms with Crippen molar-refractivity contribution in [1.82, 2.24) is 0 Å². The van der Waals surface area contributed by atoms with Crippen molar-refractivity contribution in [2.24, 2.45) is 0 Å². The molecular weight excluding hydrogens is 679 g/mol. The van der Waals surface area contributed by atoms with Crippen LogP contribution in [0.1, 0.15) is 162 Å². The molecule has 1 N–H and O–H groups in total. The number of esters is 2. The fourth-order valence-electron chi connectivity index (χ4n) is 5.91. The number of carbonyl (C=O) groups is 3. The van der Waals surface area contributed by atoms with Gasteiger partial charge < -0.3 is 23.8 Å². The maximum atomic E-state index is 12.7. The van der Waals surface area contributed by atoms with Gasteiger partial charge in [-0.15, -0.1) is 0 Å². The molecule has 0 aliphatic carbocycles. The minimum Gasteiger partial charge on any atom is -0.477 e. The predicted molar refractivity (Wildman–Crippen MR) is 224 cm³/mol.